The fourth-order valence-corrected chi connectivity index (χ4v) is 6.85. The van der Waals surface area contributed by atoms with E-state index in [4.69, 9.17) is 13.8 Å². The first kappa shape index (κ1) is 50.5. The van der Waals surface area contributed by atoms with Gasteiger partial charge < -0.3 is 25.2 Å². The Balaban J connectivity index is 3.89. The van der Waals surface area contributed by atoms with Gasteiger partial charge in [-0.1, -0.05) is 181 Å². The number of phosphoric acid groups is 1. The molecule has 0 heterocycles. The highest BCUT2D eigenvalue weighted by atomic mass is 31.2. The van der Waals surface area contributed by atoms with Crippen molar-refractivity contribution < 1.29 is 47.8 Å². The maximum Gasteiger partial charge on any atom is 0.472 e. The largest absolute Gasteiger partial charge is 0.480 e. The van der Waals surface area contributed by atoms with Crippen LogP contribution < -0.4 is 5.32 Å². The monoisotopic (exact) mass is 764 g/mol. The quantitative estimate of drug-likeness (QED) is 0.0268. The molecule has 0 aliphatic rings. The van der Waals surface area contributed by atoms with Crippen LogP contribution in [0.4, 0.5) is 0 Å². The minimum Gasteiger partial charge on any atom is -0.480 e. The van der Waals surface area contributed by atoms with Crippen LogP contribution in [0.3, 0.4) is 0 Å². The molecule has 1 amide bonds. The molecule has 52 heavy (non-hydrogen) atoms. The summed E-state index contributed by atoms with van der Waals surface area (Å²) in [6.45, 7) is 2.60. The molecule has 0 saturated heterocycles. The lowest BCUT2D eigenvalue weighted by atomic mass is 10.0. The Morgan fingerprint density at radius 3 is 1.27 bits per heavy atom. The van der Waals surface area contributed by atoms with Crippen LogP contribution in [0, 0.1) is 0 Å². The molecule has 0 aromatic rings. The van der Waals surface area contributed by atoms with Crippen molar-refractivity contribution in [2.75, 3.05) is 19.8 Å². The molecular formula is C40H78NO10P. The molecule has 0 rings (SSSR count). The Kier molecular flexibility index (Phi) is 35.4. The minimum atomic E-state index is -4.74. The second kappa shape index (κ2) is 36.5. The van der Waals surface area contributed by atoms with Gasteiger partial charge in [0.25, 0.3) is 0 Å². The van der Waals surface area contributed by atoms with Crippen molar-refractivity contribution in [3.8, 4) is 0 Å². The summed E-state index contributed by atoms with van der Waals surface area (Å²) in [5.41, 5.74) is 0. The molecule has 0 aliphatic heterocycles. The number of aliphatic carboxylic acids is 1. The highest BCUT2D eigenvalue weighted by Crippen LogP contribution is 2.43. The fraction of sp³-hybridized carbons (Fsp3) is 0.925. The van der Waals surface area contributed by atoms with Crippen molar-refractivity contribution in [2.45, 2.75) is 219 Å². The first-order valence-electron chi connectivity index (χ1n) is 21.1. The third kappa shape index (κ3) is 35.5. The van der Waals surface area contributed by atoms with Gasteiger partial charge in [-0.05, 0) is 12.8 Å². The van der Waals surface area contributed by atoms with Gasteiger partial charge in [0, 0.05) is 12.8 Å². The molecule has 308 valence electrons. The molecule has 0 bridgehead atoms. The van der Waals surface area contributed by atoms with Crippen molar-refractivity contribution in [3.63, 3.8) is 0 Å². The molecule has 12 heteroatoms. The number of aliphatic hydroxyl groups excluding tert-OH is 1. The first-order valence-corrected chi connectivity index (χ1v) is 22.6. The van der Waals surface area contributed by atoms with E-state index in [9.17, 15) is 34.1 Å². The Hall–Kier alpha value is -1.52. The van der Waals surface area contributed by atoms with E-state index in [2.05, 4.69) is 19.2 Å². The Bertz CT molecular complexity index is 906. The van der Waals surface area contributed by atoms with E-state index >= 15 is 0 Å². The number of hydrogen-bond acceptors (Lipinski definition) is 8. The standard InChI is InChI=1S/C40H78NO10P/c1-3-5-7-9-11-13-15-17-18-19-20-21-23-25-27-29-31-38(43)41-37(40(45)46)35-51-52(47,48)50-34-36(42)33-49-39(44)32-30-28-26-24-22-16-14-12-10-8-6-4-2/h36-37,42H,3-35H2,1-2H3,(H,41,43)(H,45,46)(H,47,48). The lowest BCUT2D eigenvalue weighted by Gasteiger charge is -2.18. The Morgan fingerprint density at radius 1 is 0.538 bits per heavy atom. The summed E-state index contributed by atoms with van der Waals surface area (Å²) in [7, 11) is -4.74. The smallest absolute Gasteiger partial charge is 0.472 e. The second-order valence-electron chi connectivity index (χ2n) is 14.5. The summed E-state index contributed by atoms with van der Waals surface area (Å²) in [6, 6.07) is -1.54. The number of ether oxygens (including phenoxy) is 1. The zero-order chi connectivity index (χ0) is 38.5. The highest BCUT2D eigenvalue weighted by Gasteiger charge is 2.28. The van der Waals surface area contributed by atoms with Gasteiger partial charge in [-0.15, -0.1) is 0 Å². The van der Waals surface area contributed by atoms with Crippen molar-refractivity contribution in [1.29, 1.82) is 0 Å². The summed E-state index contributed by atoms with van der Waals surface area (Å²) in [5.74, 6) is -2.36. The molecule has 0 fully saturated rings. The molecular weight excluding hydrogens is 685 g/mol. The van der Waals surface area contributed by atoms with Crippen LogP contribution in [0.2, 0.25) is 0 Å². The summed E-state index contributed by atoms with van der Waals surface area (Å²) in [6.07, 6.45) is 32.7. The van der Waals surface area contributed by atoms with Gasteiger partial charge in [-0.25, -0.2) is 9.36 Å². The number of unbranched alkanes of at least 4 members (excludes halogenated alkanes) is 26. The van der Waals surface area contributed by atoms with Crippen molar-refractivity contribution >= 4 is 25.7 Å². The van der Waals surface area contributed by atoms with Crippen molar-refractivity contribution in [2.24, 2.45) is 0 Å². The first-order chi connectivity index (χ1) is 25.1. The number of amides is 1. The molecule has 11 nitrogen and oxygen atoms in total. The molecule has 0 spiro atoms. The topological polar surface area (TPSA) is 169 Å². The van der Waals surface area contributed by atoms with E-state index in [0.29, 0.717) is 12.8 Å². The van der Waals surface area contributed by atoms with E-state index in [1.165, 1.54) is 128 Å². The van der Waals surface area contributed by atoms with Crippen LogP contribution in [0.5, 0.6) is 0 Å². The molecule has 4 N–H and O–H groups in total. The maximum atomic E-state index is 12.3. The third-order valence-electron chi connectivity index (χ3n) is 9.40. The number of carbonyl (C=O) groups is 3. The summed E-state index contributed by atoms with van der Waals surface area (Å²) in [4.78, 5) is 45.8. The maximum absolute atomic E-state index is 12.3. The number of esters is 1. The van der Waals surface area contributed by atoms with Gasteiger partial charge in [0.2, 0.25) is 5.91 Å². The molecule has 0 saturated carbocycles. The van der Waals surface area contributed by atoms with E-state index in [1.54, 1.807) is 0 Å². The van der Waals surface area contributed by atoms with Crippen LogP contribution in [0.15, 0.2) is 0 Å². The number of phosphoric ester groups is 1. The van der Waals surface area contributed by atoms with Crippen LogP contribution in [-0.4, -0.2) is 64.9 Å². The lowest BCUT2D eigenvalue weighted by Crippen LogP contribution is -2.43. The number of carbonyl (C=O) groups excluding carboxylic acids is 2. The normalized spacial score (nSPS) is 13.8. The summed E-state index contributed by atoms with van der Waals surface area (Å²) < 4.78 is 26.8. The molecule has 0 aromatic heterocycles. The molecule has 0 aromatic carbocycles. The molecule has 3 atom stereocenters. The minimum absolute atomic E-state index is 0.153. The number of carboxylic acids is 1. The van der Waals surface area contributed by atoms with Gasteiger partial charge in [-0.2, -0.15) is 0 Å². The number of hydrogen-bond donors (Lipinski definition) is 4. The summed E-state index contributed by atoms with van der Waals surface area (Å²) >= 11 is 0. The fourth-order valence-electron chi connectivity index (χ4n) is 6.08. The predicted octanol–water partition coefficient (Wildman–Crippen LogP) is 10.3. The highest BCUT2D eigenvalue weighted by molar-refractivity contribution is 7.47. The molecule has 0 aliphatic carbocycles. The summed E-state index contributed by atoms with van der Waals surface area (Å²) in [5, 5.41) is 21.8. The van der Waals surface area contributed by atoms with E-state index in [-0.39, 0.29) is 12.8 Å². The number of aliphatic hydroxyl groups is 1. The molecule has 0 radical (unpaired) electrons. The van der Waals surface area contributed by atoms with Gasteiger partial charge in [0.1, 0.15) is 12.7 Å². The molecule has 3 unspecified atom stereocenters. The van der Waals surface area contributed by atoms with Crippen LogP contribution >= 0.6 is 7.82 Å². The Morgan fingerprint density at radius 2 is 0.885 bits per heavy atom. The Labute approximate surface area is 316 Å². The third-order valence-corrected chi connectivity index (χ3v) is 10.3. The average molecular weight is 764 g/mol. The van der Waals surface area contributed by atoms with Gasteiger partial charge in [0.05, 0.1) is 13.2 Å². The van der Waals surface area contributed by atoms with E-state index in [1.807, 2.05) is 0 Å². The van der Waals surface area contributed by atoms with Crippen molar-refractivity contribution in [1.82, 2.24) is 5.32 Å². The van der Waals surface area contributed by atoms with Crippen LogP contribution in [0.1, 0.15) is 206 Å². The van der Waals surface area contributed by atoms with E-state index in [0.717, 1.165) is 38.5 Å². The van der Waals surface area contributed by atoms with Gasteiger partial charge >= 0.3 is 19.8 Å². The van der Waals surface area contributed by atoms with E-state index < -0.39 is 57.6 Å². The van der Waals surface area contributed by atoms with Crippen LogP contribution in [0.25, 0.3) is 0 Å². The predicted molar refractivity (Wildman–Crippen MR) is 208 cm³/mol. The number of rotatable bonds is 40. The average Bonchev–Trinajstić information content (AvgIpc) is 3.11. The van der Waals surface area contributed by atoms with Crippen molar-refractivity contribution in [3.05, 3.63) is 0 Å². The SMILES string of the molecule is CCCCCCCCCCCCCCCCCCC(=O)NC(COP(=O)(O)OCC(O)COC(=O)CCCCCCCCCCCCCC)C(=O)O. The second-order valence-corrected chi connectivity index (χ2v) is 16.0. The number of nitrogens with one attached hydrogen (secondary N) is 1. The lowest BCUT2D eigenvalue weighted by molar-refractivity contribution is -0.147. The van der Waals surface area contributed by atoms with Gasteiger partial charge in [-0.3, -0.25) is 18.6 Å². The zero-order valence-electron chi connectivity index (χ0n) is 33.1. The van der Waals surface area contributed by atoms with Crippen LogP contribution in [-0.2, 0) is 32.7 Å². The van der Waals surface area contributed by atoms with Gasteiger partial charge in [0.15, 0.2) is 6.04 Å². The number of carboxylic acid groups (broad SMARTS) is 1. The zero-order valence-corrected chi connectivity index (χ0v) is 34.0.